The van der Waals surface area contributed by atoms with Gasteiger partial charge in [-0.05, 0) is 94.0 Å². The summed E-state index contributed by atoms with van der Waals surface area (Å²) in [6.45, 7) is 17.0. The monoisotopic (exact) mass is 470 g/mol. The Balaban J connectivity index is 1.67. The van der Waals surface area contributed by atoms with Gasteiger partial charge in [0.15, 0.2) is 0 Å². The maximum absolute atomic E-state index is 12.1. The highest BCUT2D eigenvalue weighted by Crippen LogP contribution is 2.60. The summed E-state index contributed by atoms with van der Waals surface area (Å²) >= 11 is 0. The molecule has 5 atom stereocenters. The van der Waals surface area contributed by atoms with Crippen molar-refractivity contribution in [3.8, 4) is 0 Å². The summed E-state index contributed by atoms with van der Waals surface area (Å²) in [7, 11) is 0. The highest BCUT2D eigenvalue weighted by molar-refractivity contribution is 5.71. The SMILES string of the molecule is C=C1CC[C@H](OC(=O)C(C)C)CC1=CC=C1CCC[C@@]2(C)[C@@H]1CC[C@@H]2[C@H](C)CCCC(C)(C)O. The predicted octanol–water partition coefficient (Wildman–Crippen LogP) is 7.94. The Labute approximate surface area is 209 Å². The smallest absolute Gasteiger partial charge is 0.308 e. The number of fused-ring (bicyclic) bond motifs is 1. The lowest BCUT2D eigenvalue weighted by molar-refractivity contribution is -0.153. The van der Waals surface area contributed by atoms with Crippen molar-refractivity contribution in [2.75, 3.05) is 0 Å². The number of carbonyl (C=O) groups excluding carboxylic acids is 1. The van der Waals surface area contributed by atoms with E-state index < -0.39 is 5.60 Å². The zero-order valence-corrected chi connectivity index (χ0v) is 22.8. The Bertz CT molecular complexity index is 796. The molecule has 0 aliphatic heterocycles. The molecule has 0 saturated heterocycles. The van der Waals surface area contributed by atoms with Crippen LogP contribution >= 0.6 is 0 Å². The largest absolute Gasteiger partial charge is 0.462 e. The van der Waals surface area contributed by atoms with Crippen LogP contribution in [0.1, 0.15) is 112 Å². The Hall–Kier alpha value is -1.35. The summed E-state index contributed by atoms with van der Waals surface area (Å²) in [6.07, 6.45) is 17.0. The molecular formula is C31H50O3. The van der Waals surface area contributed by atoms with Crippen molar-refractivity contribution >= 4 is 5.97 Å². The number of hydrogen-bond donors (Lipinski definition) is 1. The van der Waals surface area contributed by atoms with Crippen molar-refractivity contribution in [3.63, 3.8) is 0 Å². The minimum atomic E-state index is -0.550. The number of esters is 1. The molecule has 0 aromatic heterocycles. The van der Waals surface area contributed by atoms with Crippen LogP contribution < -0.4 is 0 Å². The Morgan fingerprint density at radius 2 is 1.94 bits per heavy atom. The molecule has 3 heteroatoms. The van der Waals surface area contributed by atoms with Crippen molar-refractivity contribution in [1.82, 2.24) is 0 Å². The minimum Gasteiger partial charge on any atom is -0.462 e. The number of hydrogen-bond acceptors (Lipinski definition) is 3. The highest BCUT2D eigenvalue weighted by Gasteiger charge is 2.50. The number of rotatable bonds is 8. The first-order valence-corrected chi connectivity index (χ1v) is 13.9. The molecule has 0 unspecified atom stereocenters. The molecular weight excluding hydrogens is 420 g/mol. The van der Waals surface area contributed by atoms with Gasteiger partial charge in [-0.3, -0.25) is 4.79 Å². The van der Waals surface area contributed by atoms with Gasteiger partial charge in [-0.15, -0.1) is 0 Å². The molecule has 192 valence electrons. The van der Waals surface area contributed by atoms with E-state index in [1.807, 2.05) is 27.7 Å². The molecule has 0 amide bonds. The van der Waals surface area contributed by atoms with E-state index in [-0.39, 0.29) is 18.0 Å². The van der Waals surface area contributed by atoms with E-state index in [0.717, 1.165) is 38.0 Å². The topological polar surface area (TPSA) is 46.5 Å². The lowest BCUT2D eigenvalue weighted by Crippen LogP contribution is -2.36. The Kier molecular flexibility index (Phi) is 8.93. The van der Waals surface area contributed by atoms with Crippen LogP contribution in [-0.4, -0.2) is 22.8 Å². The van der Waals surface area contributed by atoms with Gasteiger partial charge in [-0.25, -0.2) is 0 Å². The average Bonchev–Trinajstić information content (AvgIpc) is 3.10. The van der Waals surface area contributed by atoms with Crippen LogP contribution in [0, 0.1) is 29.1 Å². The molecule has 3 aliphatic rings. The number of ether oxygens (including phenoxy) is 1. The van der Waals surface area contributed by atoms with E-state index in [2.05, 4.69) is 32.6 Å². The van der Waals surface area contributed by atoms with Crippen LogP contribution in [0.15, 0.2) is 35.5 Å². The van der Waals surface area contributed by atoms with E-state index in [0.29, 0.717) is 17.3 Å². The van der Waals surface area contributed by atoms with Crippen molar-refractivity contribution in [3.05, 3.63) is 35.5 Å². The molecule has 34 heavy (non-hydrogen) atoms. The third-order valence-corrected chi connectivity index (χ3v) is 9.10. The van der Waals surface area contributed by atoms with Crippen LogP contribution in [0.2, 0.25) is 0 Å². The fourth-order valence-corrected chi connectivity index (χ4v) is 7.05. The van der Waals surface area contributed by atoms with Gasteiger partial charge >= 0.3 is 5.97 Å². The van der Waals surface area contributed by atoms with Crippen LogP contribution in [0.3, 0.4) is 0 Å². The van der Waals surface area contributed by atoms with E-state index >= 15 is 0 Å². The number of aliphatic hydroxyl groups is 1. The molecule has 0 heterocycles. The van der Waals surface area contributed by atoms with Gasteiger partial charge in [0, 0.05) is 6.42 Å². The molecule has 3 saturated carbocycles. The van der Waals surface area contributed by atoms with Crippen LogP contribution in [0.4, 0.5) is 0 Å². The molecule has 0 aromatic carbocycles. The predicted molar refractivity (Wildman–Crippen MR) is 141 cm³/mol. The van der Waals surface area contributed by atoms with Gasteiger partial charge in [0.2, 0.25) is 0 Å². The zero-order chi connectivity index (χ0) is 25.1. The summed E-state index contributed by atoms with van der Waals surface area (Å²) in [5.41, 5.74) is 3.95. The van der Waals surface area contributed by atoms with Crippen molar-refractivity contribution in [2.45, 2.75) is 124 Å². The zero-order valence-electron chi connectivity index (χ0n) is 22.8. The molecule has 3 fully saturated rings. The standard InChI is InChI=1S/C31H50O3/c1-21(2)29(32)34-26-15-12-22(3)25(20-26)14-13-24-11-9-19-31(7)27(16-17-28(24)31)23(4)10-8-18-30(5,6)33/h13-14,21,23,26-28,33H,3,8-12,15-20H2,1-2,4-7H3/t23-,26+,27-,28-,31-/m1/s1. The van der Waals surface area contributed by atoms with Crippen molar-refractivity contribution in [2.24, 2.45) is 29.1 Å². The second kappa shape index (κ2) is 11.1. The molecule has 0 radical (unpaired) electrons. The van der Waals surface area contributed by atoms with Gasteiger partial charge in [-0.1, -0.05) is 70.4 Å². The number of carbonyl (C=O) groups is 1. The summed E-state index contributed by atoms with van der Waals surface area (Å²) in [6, 6.07) is 0. The fraction of sp³-hybridized carbons (Fsp3) is 0.774. The summed E-state index contributed by atoms with van der Waals surface area (Å²) in [5.74, 6) is 2.01. The van der Waals surface area contributed by atoms with Gasteiger partial charge in [-0.2, -0.15) is 0 Å². The first-order chi connectivity index (χ1) is 15.9. The second-order valence-electron chi connectivity index (χ2n) is 12.8. The van der Waals surface area contributed by atoms with Gasteiger partial charge in [0.1, 0.15) is 6.10 Å². The Morgan fingerprint density at radius 1 is 1.21 bits per heavy atom. The third kappa shape index (κ3) is 6.65. The normalized spacial score (nSPS) is 33.4. The van der Waals surface area contributed by atoms with Crippen molar-refractivity contribution in [1.29, 1.82) is 0 Å². The Morgan fingerprint density at radius 3 is 2.62 bits per heavy atom. The quantitative estimate of drug-likeness (QED) is 0.366. The highest BCUT2D eigenvalue weighted by atomic mass is 16.5. The molecule has 1 N–H and O–H groups in total. The lowest BCUT2D eigenvalue weighted by Gasteiger charge is -2.44. The summed E-state index contributed by atoms with van der Waals surface area (Å²) < 4.78 is 5.74. The minimum absolute atomic E-state index is 0.0118. The molecule has 0 spiro atoms. The van der Waals surface area contributed by atoms with Gasteiger partial charge in [0.05, 0.1) is 11.5 Å². The van der Waals surface area contributed by atoms with Gasteiger partial charge in [0.25, 0.3) is 0 Å². The first kappa shape index (κ1) is 27.2. The van der Waals surface area contributed by atoms with Crippen LogP contribution in [-0.2, 0) is 9.53 Å². The van der Waals surface area contributed by atoms with Crippen LogP contribution in [0.5, 0.6) is 0 Å². The molecule has 3 rings (SSSR count). The molecule has 0 aromatic rings. The van der Waals surface area contributed by atoms with E-state index in [9.17, 15) is 9.90 Å². The summed E-state index contributed by atoms with van der Waals surface area (Å²) in [5, 5.41) is 10.1. The molecule has 3 aliphatic carbocycles. The molecule has 3 nitrogen and oxygen atoms in total. The van der Waals surface area contributed by atoms with E-state index in [4.69, 9.17) is 4.74 Å². The average molecular weight is 471 g/mol. The maximum Gasteiger partial charge on any atom is 0.308 e. The second-order valence-corrected chi connectivity index (χ2v) is 12.8. The van der Waals surface area contributed by atoms with E-state index in [1.54, 1.807) is 5.57 Å². The molecule has 0 bridgehead atoms. The first-order valence-electron chi connectivity index (χ1n) is 13.9. The number of allylic oxidation sites excluding steroid dienone is 4. The van der Waals surface area contributed by atoms with Gasteiger partial charge < -0.3 is 9.84 Å². The summed E-state index contributed by atoms with van der Waals surface area (Å²) in [4.78, 5) is 12.1. The van der Waals surface area contributed by atoms with Crippen molar-refractivity contribution < 1.29 is 14.6 Å². The van der Waals surface area contributed by atoms with Crippen LogP contribution in [0.25, 0.3) is 0 Å². The maximum atomic E-state index is 12.1. The third-order valence-electron chi connectivity index (χ3n) is 9.10. The lowest BCUT2D eigenvalue weighted by atomic mass is 9.60. The fourth-order valence-electron chi connectivity index (χ4n) is 7.05. The van der Waals surface area contributed by atoms with E-state index in [1.165, 1.54) is 49.7 Å².